The van der Waals surface area contributed by atoms with Crippen LogP contribution in [0.15, 0.2) is 24.3 Å². The van der Waals surface area contributed by atoms with Crippen LogP contribution in [0, 0.1) is 5.92 Å². The lowest BCUT2D eigenvalue weighted by Gasteiger charge is -2.28. The predicted molar refractivity (Wildman–Crippen MR) is 64.0 cm³/mol. The highest BCUT2D eigenvalue weighted by Crippen LogP contribution is 2.30. The van der Waals surface area contributed by atoms with Gasteiger partial charge in [0.25, 0.3) is 0 Å². The Balaban J connectivity index is 2.12. The molecule has 1 heterocycles. The Morgan fingerprint density at radius 1 is 1.27 bits per heavy atom. The van der Waals surface area contributed by atoms with E-state index in [1.165, 1.54) is 0 Å². The van der Waals surface area contributed by atoms with E-state index >= 15 is 0 Å². The molecule has 0 radical (unpaired) electrons. The van der Waals surface area contributed by atoms with E-state index < -0.39 is 0 Å². The summed E-state index contributed by atoms with van der Waals surface area (Å²) in [5, 5.41) is 4.14. The van der Waals surface area contributed by atoms with Crippen LogP contribution in [0.2, 0.25) is 5.02 Å². The fourth-order valence-corrected chi connectivity index (χ4v) is 2.46. The fraction of sp³-hybridized carbons (Fsp3) is 0.500. The lowest BCUT2D eigenvalue weighted by molar-refractivity contribution is 0.322. The van der Waals surface area contributed by atoms with Crippen molar-refractivity contribution in [3.05, 3.63) is 34.9 Å². The van der Waals surface area contributed by atoms with Crippen molar-refractivity contribution in [1.82, 2.24) is 5.32 Å². The zero-order valence-corrected chi connectivity index (χ0v) is 9.50. The Morgan fingerprint density at radius 2 is 1.93 bits per heavy atom. The van der Waals surface area contributed by atoms with Crippen molar-refractivity contribution in [3.63, 3.8) is 0 Å². The summed E-state index contributed by atoms with van der Waals surface area (Å²) in [6, 6.07) is 7.98. The first-order valence-electron chi connectivity index (χ1n) is 5.50. The molecule has 1 aromatic rings. The Bertz CT molecular complexity index is 321. The SMILES string of the molecule is N[C@@H](c1ccccc1Cl)C1CCNCC1. The standard InChI is InChI=1S/C12H17ClN2/c13-11-4-2-1-3-10(11)12(14)9-5-7-15-8-6-9/h1-4,9,12,15H,5-8,14H2/t12-/m1/s1. The first kappa shape index (κ1) is 10.9. The molecule has 0 bridgehead atoms. The predicted octanol–water partition coefficient (Wildman–Crippen LogP) is 2.34. The number of nitrogens with two attached hydrogens (primary N) is 1. The van der Waals surface area contributed by atoms with Crippen LogP contribution in [0.1, 0.15) is 24.4 Å². The molecule has 1 aliphatic heterocycles. The summed E-state index contributed by atoms with van der Waals surface area (Å²) in [6.07, 6.45) is 2.29. The maximum absolute atomic E-state index is 6.26. The van der Waals surface area contributed by atoms with Gasteiger partial charge in [0.2, 0.25) is 0 Å². The maximum Gasteiger partial charge on any atom is 0.0453 e. The number of piperidine rings is 1. The second-order valence-corrected chi connectivity index (χ2v) is 4.54. The van der Waals surface area contributed by atoms with Crippen LogP contribution in [0.25, 0.3) is 0 Å². The van der Waals surface area contributed by atoms with E-state index in [-0.39, 0.29) is 6.04 Å². The summed E-state index contributed by atoms with van der Waals surface area (Å²) in [5.74, 6) is 0.561. The van der Waals surface area contributed by atoms with Crippen molar-refractivity contribution in [3.8, 4) is 0 Å². The van der Waals surface area contributed by atoms with E-state index in [2.05, 4.69) is 5.32 Å². The van der Waals surface area contributed by atoms with E-state index in [1.807, 2.05) is 24.3 Å². The van der Waals surface area contributed by atoms with Crippen molar-refractivity contribution in [2.75, 3.05) is 13.1 Å². The highest BCUT2D eigenvalue weighted by Gasteiger charge is 2.22. The van der Waals surface area contributed by atoms with Gasteiger partial charge in [0, 0.05) is 11.1 Å². The molecule has 2 nitrogen and oxygen atoms in total. The van der Waals surface area contributed by atoms with Crippen LogP contribution in [-0.2, 0) is 0 Å². The summed E-state index contributed by atoms with van der Waals surface area (Å²) in [6.45, 7) is 2.14. The molecule has 0 aliphatic carbocycles. The van der Waals surface area contributed by atoms with Gasteiger partial charge in [-0.3, -0.25) is 0 Å². The molecule has 2 rings (SSSR count). The number of hydrogen-bond donors (Lipinski definition) is 2. The van der Waals surface area contributed by atoms with Crippen LogP contribution in [0.4, 0.5) is 0 Å². The van der Waals surface area contributed by atoms with Gasteiger partial charge >= 0.3 is 0 Å². The monoisotopic (exact) mass is 224 g/mol. The van der Waals surface area contributed by atoms with Crippen molar-refractivity contribution in [1.29, 1.82) is 0 Å². The third kappa shape index (κ3) is 2.51. The quantitative estimate of drug-likeness (QED) is 0.810. The van der Waals surface area contributed by atoms with Crippen molar-refractivity contribution in [2.24, 2.45) is 11.7 Å². The fourth-order valence-electron chi connectivity index (χ4n) is 2.20. The molecule has 3 heteroatoms. The Morgan fingerprint density at radius 3 is 2.60 bits per heavy atom. The molecular weight excluding hydrogens is 208 g/mol. The van der Waals surface area contributed by atoms with Gasteiger partial charge in [-0.1, -0.05) is 29.8 Å². The second-order valence-electron chi connectivity index (χ2n) is 4.13. The number of benzene rings is 1. The number of hydrogen-bond acceptors (Lipinski definition) is 2. The molecule has 0 saturated carbocycles. The van der Waals surface area contributed by atoms with Crippen LogP contribution in [0.3, 0.4) is 0 Å². The van der Waals surface area contributed by atoms with Gasteiger partial charge < -0.3 is 11.1 Å². The van der Waals surface area contributed by atoms with Crippen LogP contribution >= 0.6 is 11.6 Å². The molecule has 1 fully saturated rings. The Labute approximate surface area is 95.8 Å². The number of halogens is 1. The second kappa shape index (κ2) is 4.97. The molecule has 15 heavy (non-hydrogen) atoms. The van der Waals surface area contributed by atoms with Crippen LogP contribution < -0.4 is 11.1 Å². The van der Waals surface area contributed by atoms with E-state index in [9.17, 15) is 0 Å². The normalized spacial score (nSPS) is 20.1. The van der Waals surface area contributed by atoms with E-state index in [4.69, 9.17) is 17.3 Å². The minimum atomic E-state index is 0.0841. The highest BCUT2D eigenvalue weighted by molar-refractivity contribution is 6.31. The number of rotatable bonds is 2. The molecule has 0 unspecified atom stereocenters. The van der Waals surface area contributed by atoms with E-state index in [0.717, 1.165) is 36.5 Å². The average molecular weight is 225 g/mol. The lowest BCUT2D eigenvalue weighted by Crippen LogP contribution is -2.33. The molecule has 1 atom stereocenters. The largest absolute Gasteiger partial charge is 0.324 e. The molecule has 1 aliphatic rings. The Hall–Kier alpha value is -0.570. The van der Waals surface area contributed by atoms with Crippen LogP contribution in [-0.4, -0.2) is 13.1 Å². The molecule has 82 valence electrons. The zero-order chi connectivity index (χ0) is 10.7. The van der Waals surface area contributed by atoms with Gasteiger partial charge in [-0.15, -0.1) is 0 Å². The summed E-state index contributed by atoms with van der Waals surface area (Å²) in [7, 11) is 0. The van der Waals surface area contributed by atoms with Crippen molar-refractivity contribution in [2.45, 2.75) is 18.9 Å². The van der Waals surface area contributed by atoms with Crippen molar-refractivity contribution < 1.29 is 0 Å². The molecule has 3 N–H and O–H groups in total. The Kier molecular flexibility index (Phi) is 3.62. The molecular formula is C12H17ClN2. The van der Waals surface area contributed by atoms with E-state index in [1.54, 1.807) is 0 Å². The van der Waals surface area contributed by atoms with Gasteiger partial charge in [0.1, 0.15) is 0 Å². The minimum Gasteiger partial charge on any atom is -0.324 e. The van der Waals surface area contributed by atoms with Gasteiger partial charge in [0.15, 0.2) is 0 Å². The van der Waals surface area contributed by atoms with Crippen molar-refractivity contribution >= 4 is 11.6 Å². The lowest BCUT2D eigenvalue weighted by atomic mass is 9.86. The van der Waals surface area contributed by atoms with Gasteiger partial charge in [-0.25, -0.2) is 0 Å². The highest BCUT2D eigenvalue weighted by atomic mass is 35.5. The third-order valence-corrected chi connectivity index (χ3v) is 3.50. The third-order valence-electron chi connectivity index (χ3n) is 3.16. The van der Waals surface area contributed by atoms with E-state index in [0.29, 0.717) is 5.92 Å². The summed E-state index contributed by atoms with van der Waals surface area (Å²) < 4.78 is 0. The number of nitrogens with one attached hydrogen (secondary N) is 1. The summed E-state index contributed by atoms with van der Waals surface area (Å²) in [4.78, 5) is 0. The van der Waals surface area contributed by atoms with Gasteiger partial charge in [-0.05, 0) is 43.5 Å². The van der Waals surface area contributed by atoms with Crippen LogP contribution in [0.5, 0.6) is 0 Å². The molecule has 0 aromatic heterocycles. The minimum absolute atomic E-state index is 0.0841. The zero-order valence-electron chi connectivity index (χ0n) is 8.75. The summed E-state index contributed by atoms with van der Waals surface area (Å²) >= 11 is 6.14. The first-order valence-corrected chi connectivity index (χ1v) is 5.87. The smallest absolute Gasteiger partial charge is 0.0453 e. The molecule has 0 amide bonds. The van der Waals surface area contributed by atoms with Gasteiger partial charge in [-0.2, -0.15) is 0 Å². The summed E-state index contributed by atoms with van der Waals surface area (Å²) in [5.41, 5.74) is 7.35. The average Bonchev–Trinajstić information content (AvgIpc) is 2.30. The molecule has 1 aromatic carbocycles. The molecule has 0 spiro atoms. The molecule has 1 saturated heterocycles. The topological polar surface area (TPSA) is 38.0 Å². The first-order chi connectivity index (χ1) is 7.29. The van der Waals surface area contributed by atoms with Gasteiger partial charge in [0.05, 0.1) is 0 Å². The maximum atomic E-state index is 6.26.